The van der Waals surface area contributed by atoms with Crippen molar-refractivity contribution >= 4 is 21.8 Å². The number of fused-ring (bicyclic) bond motifs is 1. The van der Waals surface area contributed by atoms with Gasteiger partial charge >= 0.3 is 0 Å². The Kier molecular flexibility index (Phi) is 5.07. The van der Waals surface area contributed by atoms with Crippen molar-refractivity contribution in [1.29, 1.82) is 0 Å². The molecule has 112 valence electrons. The second kappa shape index (κ2) is 6.43. The van der Waals surface area contributed by atoms with Crippen LogP contribution in [0.3, 0.4) is 0 Å². The highest BCUT2D eigenvalue weighted by Gasteiger charge is 2.29. The van der Waals surface area contributed by atoms with Gasteiger partial charge in [-0.05, 0) is 36.5 Å². The van der Waals surface area contributed by atoms with E-state index in [9.17, 15) is 8.42 Å². The van der Waals surface area contributed by atoms with Crippen LogP contribution in [-0.2, 0) is 16.6 Å². The van der Waals surface area contributed by atoms with Crippen molar-refractivity contribution in [3.8, 4) is 0 Å². The molecule has 0 bridgehead atoms. The lowest BCUT2D eigenvalue weighted by Crippen LogP contribution is -2.40. The van der Waals surface area contributed by atoms with Gasteiger partial charge in [0.05, 0.1) is 0 Å². The van der Waals surface area contributed by atoms with Gasteiger partial charge in [0.1, 0.15) is 0 Å². The van der Waals surface area contributed by atoms with Gasteiger partial charge in [0.25, 0.3) is 10.2 Å². The fourth-order valence-corrected chi connectivity index (χ4v) is 3.93. The Balaban J connectivity index is 2.11. The van der Waals surface area contributed by atoms with Crippen LogP contribution in [0.2, 0.25) is 5.02 Å². The molecule has 0 saturated carbocycles. The van der Waals surface area contributed by atoms with E-state index >= 15 is 0 Å². The van der Waals surface area contributed by atoms with Gasteiger partial charge in [0.2, 0.25) is 0 Å². The van der Waals surface area contributed by atoms with Gasteiger partial charge in [-0.15, -0.1) is 0 Å². The zero-order valence-corrected chi connectivity index (χ0v) is 13.5. The van der Waals surface area contributed by atoms with Crippen LogP contribution in [0, 0.1) is 0 Å². The summed E-state index contributed by atoms with van der Waals surface area (Å²) in [6.07, 6.45) is 3.42. The van der Waals surface area contributed by atoms with Crippen molar-refractivity contribution in [2.24, 2.45) is 0 Å². The highest BCUT2D eigenvalue weighted by Crippen LogP contribution is 2.35. The Bertz CT molecular complexity index is 575. The molecule has 0 fully saturated rings. The second-order valence-corrected chi connectivity index (χ2v) is 7.41. The van der Waals surface area contributed by atoms with Crippen molar-refractivity contribution in [1.82, 2.24) is 9.03 Å². The molecule has 0 aliphatic heterocycles. The summed E-state index contributed by atoms with van der Waals surface area (Å²) in [4.78, 5) is 0. The summed E-state index contributed by atoms with van der Waals surface area (Å²) in [5.74, 6) is 0. The summed E-state index contributed by atoms with van der Waals surface area (Å²) >= 11 is 6.15. The average Bonchev–Trinajstić information content (AvgIpc) is 2.80. The van der Waals surface area contributed by atoms with Gasteiger partial charge in [-0.25, -0.2) is 0 Å². The van der Waals surface area contributed by atoms with E-state index in [-0.39, 0.29) is 6.04 Å². The van der Waals surface area contributed by atoms with E-state index in [1.807, 2.05) is 25.1 Å². The van der Waals surface area contributed by atoms with Gasteiger partial charge in [0, 0.05) is 24.7 Å². The van der Waals surface area contributed by atoms with E-state index in [0.717, 1.165) is 41.8 Å². The van der Waals surface area contributed by atoms with Gasteiger partial charge < -0.3 is 0 Å². The number of nitrogens with zero attached hydrogens (tertiary/aromatic N) is 1. The minimum Gasteiger partial charge on any atom is -0.195 e. The monoisotopic (exact) mass is 316 g/mol. The largest absolute Gasteiger partial charge is 0.279 e. The van der Waals surface area contributed by atoms with Crippen LogP contribution in [-0.4, -0.2) is 26.3 Å². The maximum Gasteiger partial charge on any atom is 0.279 e. The molecule has 1 aromatic rings. The zero-order chi connectivity index (χ0) is 14.8. The lowest BCUT2D eigenvalue weighted by molar-refractivity contribution is 0.439. The third-order valence-corrected chi connectivity index (χ3v) is 5.68. The van der Waals surface area contributed by atoms with E-state index in [1.165, 1.54) is 4.31 Å². The number of rotatable bonds is 6. The summed E-state index contributed by atoms with van der Waals surface area (Å²) in [5.41, 5.74) is 2.07. The molecular weight excluding hydrogens is 296 g/mol. The van der Waals surface area contributed by atoms with Gasteiger partial charge in [-0.3, -0.25) is 0 Å². The normalized spacial score (nSPS) is 18.5. The van der Waals surface area contributed by atoms with Crippen LogP contribution in [0.25, 0.3) is 0 Å². The molecule has 1 N–H and O–H groups in total. The molecule has 0 saturated heterocycles. The molecule has 1 atom stereocenters. The van der Waals surface area contributed by atoms with E-state index in [4.69, 9.17) is 11.6 Å². The maximum atomic E-state index is 12.3. The Labute approximate surface area is 126 Å². The highest BCUT2D eigenvalue weighted by molar-refractivity contribution is 7.87. The Morgan fingerprint density at radius 2 is 2.20 bits per heavy atom. The molecule has 4 nitrogen and oxygen atoms in total. The fraction of sp³-hybridized carbons (Fsp3) is 0.571. The van der Waals surface area contributed by atoms with Crippen molar-refractivity contribution in [3.63, 3.8) is 0 Å². The number of hydrogen-bond donors (Lipinski definition) is 1. The molecule has 0 heterocycles. The van der Waals surface area contributed by atoms with Crippen molar-refractivity contribution < 1.29 is 8.42 Å². The summed E-state index contributed by atoms with van der Waals surface area (Å²) in [6, 6.07) is 5.50. The first kappa shape index (κ1) is 15.8. The molecule has 6 heteroatoms. The molecule has 0 spiro atoms. The quantitative estimate of drug-likeness (QED) is 0.877. The number of unbranched alkanes of at least 4 members (excludes halogenated alkanes) is 1. The van der Waals surface area contributed by atoms with Crippen molar-refractivity contribution in [3.05, 3.63) is 34.3 Å². The van der Waals surface area contributed by atoms with Crippen LogP contribution >= 0.6 is 11.6 Å². The Hall–Kier alpha value is -0.620. The molecular formula is C14H21ClN2O2S. The summed E-state index contributed by atoms with van der Waals surface area (Å²) in [7, 11) is -1.81. The number of nitrogens with one attached hydrogen (secondary N) is 1. The zero-order valence-electron chi connectivity index (χ0n) is 11.9. The smallest absolute Gasteiger partial charge is 0.195 e. The molecule has 0 amide bonds. The van der Waals surface area contributed by atoms with Gasteiger partial charge in [-0.1, -0.05) is 37.1 Å². The summed E-state index contributed by atoms with van der Waals surface area (Å²) < 4.78 is 28.7. The van der Waals surface area contributed by atoms with Crippen LogP contribution in [0.15, 0.2) is 18.2 Å². The third kappa shape index (κ3) is 3.34. The Morgan fingerprint density at radius 3 is 2.90 bits per heavy atom. The highest BCUT2D eigenvalue weighted by atomic mass is 35.5. The first-order chi connectivity index (χ1) is 9.45. The van der Waals surface area contributed by atoms with E-state index < -0.39 is 10.2 Å². The minimum absolute atomic E-state index is 0.169. The average molecular weight is 317 g/mol. The molecule has 2 rings (SSSR count). The molecule has 1 unspecified atom stereocenters. The topological polar surface area (TPSA) is 49.4 Å². The number of benzene rings is 1. The van der Waals surface area contributed by atoms with Crippen molar-refractivity contribution in [2.75, 3.05) is 13.6 Å². The minimum atomic E-state index is -3.43. The predicted octanol–water partition coefficient (Wildman–Crippen LogP) is 2.89. The summed E-state index contributed by atoms with van der Waals surface area (Å²) in [6.45, 7) is 2.59. The van der Waals surface area contributed by atoms with E-state index in [0.29, 0.717) is 6.54 Å². The maximum absolute atomic E-state index is 12.3. The lowest BCUT2D eigenvalue weighted by atomic mass is 10.1. The third-order valence-electron chi connectivity index (χ3n) is 3.74. The molecule has 0 aromatic heterocycles. The number of hydrogen-bond acceptors (Lipinski definition) is 2. The van der Waals surface area contributed by atoms with Crippen LogP contribution < -0.4 is 4.72 Å². The van der Waals surface area contributed by atoms with Gasteiger partial charge in [0.15, 0.2) is 0 Å². The Morgan fingerprint density at radius 1 is 1.45 bits per heavy atom. The molecule has 1 aliphatic carbocycles. The lowest BCUT2D eigenvalue weighted by Gasteiger charge is -2.21. The van der Waals surface area contributed by atoms with Crippen LogP contribution in [0.1, 0.15) is 43.4 Å². The molecule has 1 aliphatic rings. The predicted molar refractivity (Wildman–Crippen MR) is 82.1 cm³/mol. The molecule has 1 aromatic carbocycles. The van der Waals surface area contributed by atoms with Crippen LogP contribution in [0.5, 0.6) is 0 Å². The summed E-state index contributed by atoms with van der Waals surface area (Å²) in [5, 5.41) is 0.725. The van der Waals surface area contributed by atoms with E-state index in [2.05, 4.69) is 4.72 Å². The first-order valence-electron chi connectivity index (χ1n) is 6.96. The standard InChI is InChI=1S/C14H21ClN2O2S/c1-3-4-10-17(2)20(18,19)16-14-9-8-11-12(14)6-5-7-13(11)15/h5-7,14,16H,3-4,8-10H2,1-2H3. The van der Waals surface area contributed by atoms with Crippen molar-refractivity contribution in [2.45, 2.75) is 38.6 Å². The fourth-order valence-electron chi connectivity index (χ4n) is 2.50. The second-order valence-electron chi connectivity index (χ2n) is 5.20. The first-order valence-corrected chi connectivity index (χ1v) is 8.78. The van der Waals surface area contributed by atoms with E-state index in [1.54, 1.807) is 7.05 Å². The molecule has 20 heavy (non-hydrogen) atoms. The number of halogens is 1. The van der Waals surface area contributed by atoms with Crippen LogP contribution in [0.4, 0.5) is 0 Å². The molecule has 0 radical (unpaired) electrons. The SMILES string of the molecule is CCCCN(C)S(=O)(=O)NC1CCc2c(Cl)cccc21. The van der Waals surface area contributed by atoms with Gasteiger partial charge in [-0.2, -0.15) is 17.4 Å².